The minimum absolute atomic E-state index is 0.0403. The van der Waals surface area contributed by atoms with Gasteiger partial charge in [0.25, 0.3) is 5.91 Å². The Morgan fingerprint density at radius 3 is 2.46 bits per heavy atom. The standard InChI is InChI=1S/C23H19N3O2/c1-14-6-11-20-21(12-14)26-22(25-20)16-7-9-17(10-8-16)23(28)24-19-5-3-4-18(13-19)15(2)27/h3-13H,1-2H3,(H,24,28)(H,25,26). The smallest absolute Gasteiger partial charge is 0.255 e. The second-order valence-corrected chi connectivity index (χ2v) is 6.77. The number of hydrogen-bond donors (Lipinski definition) is 2. The lowest BCUT2D eigenvalue weighted by atomic mass is 10.1. The number of nitrogens with zero attached hydrogens (tertiary/aromatic N) is 1. The van der Waals surface area contributed by atoms with E-state index in [1.165, 1.54) is 12.5 Å². The number of imidazole rings is 1. The number of nitrogens with one attached hydrogen (secondary N) is 2. The van der Waals surface area contributed by atoms with E-state index in [9.17, 15) is 9.59 Å². The molecule has 4 aromatic rings. The van der Waals surface area contributed by atoms with Gasteiger partial charge >= 0.3 is 0 Å². The number of hydrogen-bond acceptors (Lipinski definition) is 3. The first kappa shape index (κ1) is 17.7. The summed E-state index contributed by atoms with van der Waals surface area (Å²) in [4.78, 5) is 31.9. The van der Waals surface area contributed by atoms with Crippen LogP contribution in [0, 0.1) is 6.92 Å². The predicted molar refractivity (Wildman–Crippen MR) is 111 cm³/mol. The van der Waals surface area contributed by atoms with Crippen LogP contribution in [0.25, 0.3) is 22.4 Å². The van der Waals surface area contributed by atoms with Gasteiger partial charge < -0.3 is 10.3 Å². The van der Waals surface area contributed by atoms with Crippen LogP contribution in [0.5, 0.6) is 0 Å². The molecule has 1 amide bonds. The van der Waals surface area contributed by atoms with Crippen LogP contribution in [-0.4, -0.2) is 21.7 Å². The number of ketones is 1. The average Bonchev–Trinajstić information content (AvgIpc) is 3.11. The summed E-state index contributed by atoms with van der Waals surface area (Å²) < 4.78 is 0. The van der Waals surface area contributed by atoms with E-state index < -0.39 is 0 Å². The second kappa shape index (κ2) is 7.12. The molecule has 0 fully saturated rings. The molecule has 28 heavy (non-hydrogen) atoms. The molecule has 0 aliphatic heterocycles. The first-order valence-electron chi connectivity index (χ1n) is 8.99. The average molecular weight is 369 g/mol. The maximum Gasteiger partial charge on any atom is 0.255 e. The van der Waals surface area contributed by atoms with Crippen molar-refractivity contribution in [3.63, 3.8) is 0 Å². The topological polar surface area (TPSA) is 74.8 Å². The fourth-order valence-corrected chi connectivity index (χ4v) is 3.06. The molecule has 0 bridgehead atoms. The molecule has 0 saturated carbocycles. The summed E-state index contributed by atoms with van der Waals surface area (Å²) in [6, 6.07) is 20.2. The van der Waals surface area contributed by atoms with Crippen LogP contribution < -0.4 is 5.32 Å². The van der Waals surface area contributed by atoms with Crippen molar-refractivity contribution in [2.45, 2.75) is 13.8 Å². The number of carbonyl (C=O) groups excluding carboxylic acids is 2. The molecule has 5 heteroatoms. The van der Waals surface area contributed by atoms with Crippen molar-refractivity contribution in [1.82, 2.24) is 9.97 Å². The molecule has 5 nitrogen and oxygen atoms in total. The molecule has 4 rings (SSSR count). The lowest BCUT2D eigenvalue weighted by Gasteiger charge is -2.07. The highest BCUT2D eigenvalue weighted by molar-refractivity contribution is 6.05. The monoisotopic (exact) mass is 369 g/mol. The van der Waals surface area contributed by atoms with E-state index in [1.54, 1.807) is 36.4 Å². The maximum atomic E-state index is 12.5. The van der Waals surface area contributed by atoms with Crippen molar-refractivity contribution in [3.8, 4) is 11.4 Å². The zero-order chi connectivity index (χ0) is 19.7. The summed E-state index contributed by atoms with van der Waals surface area (Å²) in [5.41, 5.74) is 5.66. The lowest BCUT2D eigenvalue weighted by molar-refractivity contribution is 0.101. The maximum absolute atomic E-state index is 12.5. The van der Waals surface area contributed by atoms with Gasteiger partial charge in [-0.2, -0.15) is 0 Å². The number of rotatable bonds is 4. The number of Topliss-reactive ketones (excluding diaryl/α,β-unsaturated/α-hetero) is 1. The molecule has 2 N–H and O–H groups in total. The van der Waals surface area contributed by atoms with Crippen molar-refractivity contribution in [2.75, 3.05) is 5.32 Å². The number of fused-ring (bicyclic) bond motifs is 1. The van der Waals surface area contributed by atoms with Gasteiger partial charge in [-0.3, -0.25) is 9.59 Å². The van der Waals surface area contributed by atoms with Crippen molar-refractivity contribution < 1.29 is 9.59 Å². The van der Waals surface area contributed by atoms with Gasteiger partial charge in [0.2, 0.25) is 0 Å². The molecule has 0 radical (unpaired) electrons. The van der Waals surface area contributed by atoms with Gasteiger partial charge in [0, 0.05) is 22.4 Å². The number of benzene rings is 3. The molecule has 3 aromatic carbocycles. The van der Waals surface area contributed by atoms with Crippen LogP contribution in [0.3, 0.4) is 0 Å². The van der Waals surface area contributed by atoms with Crippen molar-refractivity contribution in [2.24, 2.45) is 0 Å². The molecule has 0 aliphatic carbocycles. The molecule has 1 heterocycles. The van der Waals surface area contributed by atoms with Gasteiger partial charge in [0.15, 0.2) is 5.78 Å². The molecular formula is C23H19N3O2. The van der Waals surface area contributed by atoms with Gasteiger partial charge in [0.1, 0.15) is 5.82 Å². The lowest BCUT2D eigenvalue weighted by Crippen LogP contribution is -2.12. The SMILES string of the molecule is CC(=O)c1cccc(NC(=O)c2ccc(-c3nc4ccc(C)cc4[nH]3)cc2)c1. The largest absolute Gasteiger partial charge is 0.338 e. The summed E-state index contributed by atoms with van der Waals surface area (Å²) >= 11 is 0. The molecule has 0 saturated heterocycles. The van der Waals surface area contributed by atoms with Gasteiger partial charge in [-0.05, 0) is 55.8 Å². The van der Waals surface area contributed by atoms with E-state index in [2.05, 4.69) is 21.4 Å². The molecule has 0 spiro atoms. The molecule has 1 aromatic heterocycles. The third kappa shape index (κ3) is 3.55. The Morgan fingerprint density at radius 1 is 0.929 bits per heavy atom. The van der Waals surface area contributed by atoms with Crippen LogP contribution >= 0.6 is 0 Å². The zero-order valence-corrected chi connectivity index (χ0v) is 15.6. The Morgan fingerprint density at radius 2 is 1.71 bits per heavy atom. The fraction of sp³-hybridized carbons (Fsp3) is 0.0870. The van der Waals surface area contributed by atoms with Crippen molar-refractivity contribution >= 4 is 28.4 Å². The summed E-state index contributed by atoms with van der Waals surface area (Å²) in [5.74, 6) is 0.496. The van der Waals surface area contributed by atoms with Crippen LogP contribution in [0.2, 0.25) is 0 Å². The van der Waals surface area contributed by atoms with Crippen molar-refractivity contribution in [3.05, 3.63) is 83.4 Å². The summed E-state index contributed by atoms with van der Waals surface area (Å²) in [6.45, 7) is 3.54. The Hall–Kier alpha value is -3.73. The zero-order valence-electron chi connectivity index (χ0n) is 15.6. The van der Waals surface area contributed by atoms with Crippen LogP contribution in [0.15, 0.2) is 66.7 Å². The van der Waals surface area contributed by atoms with Gasteiger partial charge in [0.05, 0.1) is 11.0 Å². The van der Waals surface area contributed by atoms with Gasteiger partial charge in [-0.25, -0.2) is 4.98 Å². The first-order valence-corrected chi connectivity index (χ1v) is 8.99. The van der Waals surface area contributed by atoms with E-state index in [-0.39, 0.29) is 11.7 Å². The fourth-order valence-electron chi connectivity index (χ4n) is 3.06. The highest BCUT2D eigenvalue weighted by Gasteiger charge is 2.10. The number of H-pyrrole nitrogens is 1. The summed E-state index contributed by atoms with van der Waals surface area (Å²) in [5, 5.41) is 2.83. The van der Waals surface area contributed by atoms with E-state index in [1.807, 2.05) is 31.2 Å². The number of aromatic nitrogens is 2. The predicted octanol–water partition coefficient (Wildman–Crippen LogP) is 4.99. The Labute approximate surface area is 162 Å². The minimum atomic E-state index is -0.229. The Kier molecular flexibility index (Phi) is 4.49. The molecule has 0 aliphatic rings. The number of carbonyl (C=O) groups is 2. The van der Waals surface area contributed by atoms with Crippen molar-refractivity contribution in [1.29, 1.82) is 0 Å². The highest BCUT2D eigenvalue weighted by atomic mass is 16.1. The Balaban J connectivity index is 1.54. The summed E-state index contributed by atoms with van der Waals surface area (Å²) in [7, 11) is 0. The van der Waals surface area contributed by atoms with E-state index in [0.29, 0.717) is 16.8 Å². The number of aryl methyl sites for hydroxylation is 1. The third-order valence-corrected chi connectivity index (χ3v) is 4.58. The highest BCUT2D eigenvalue weighted by Crippen LogP contribution is 2.22. The van der Waals surface area contributed by atoms with Gasteiger partial charge in [-0.15, -0.1) is 0 Å². The van der Waals surface area contributed by atoms with E-state index >= 15 is 0 Å². The third-order valence-electron chi connectivity index (χ3n) is 4.58. The minimum Gasteiger partial charge on any atom is -0.338 e. The first-order chi connectivity index (χ1) is 13.5. The molecule has 0 unspecified atom stereocenters. The molecule has 138 valence electrons. The van der Waals surface area contributed by atoms with Crippen LogP contribution in [0.4, 0.5) is 5.69 Å². The quantitative estimate of drug-likeness (QED) is 0.498. The van der Waals surface area contributed by atoms with Gasteiger partial charge in [-0.1, -0.05) is 30.3 Å². The number of amides is 1. The number of aromatic amines is 1. The van der Waals surface area contributed by atoms with E-state index in [4.69, 9.17) is 0 Å². The molecule has 0 atom stereocenters. The molecular weight excluding hydrogens is 350 g/mol. The number of anilines is 1. The van der Waals surface area contributed by atoms with Crippen LogP contribution in [-0.2, 0) is 0 Å². The van der Waals surface area contributed by atoms with Crippen LogP contribution in [0.1, 0.15) is 33.2 Å². The summed E-state index contributed by atoms with van der Waals surface area (Å²) in [6.07, 6.45) is 0. The second-order valence-electron chi connectivity index (χ2n) is 6.77. The van der Waals surface area contributed by atoms with E-state index in [0.717, 1.165) is 22.4 Å². The Bertz CT molecular complexity index is 1190. The normalized spacial score (nSPS) is 10.8.